The number of hydrogen-bond acceptors (Lipinski definition) is 4. The molecule has 0 unspecified atom stereocenters. The number of rotatable bonds is 1. The van der Waals surface area contributed by atoms with E-state index >= 15 is 0 Å². The number of hydrogen-bond donors (Lipinski definition) is 0. The second kappa shape index (κ2) is 3.42. The molecule has 0 spiro atoms. The van der Waals surface area contributed by atoms with Gasteiger partial charge in [-0.25, -0.2) is 9.78 Å². The Balaban J connectivity index is 3.31. The Morgan fingerprint density at radius 1 is 1.58 bits per heavy atom. The van der Waals surface area contributed by atoms with Crippen molar-refractivity contribution in [3.63, 3.8) is 0 Å². The molecule has 0 aliphatic rings. The van der Waals surface area contributed by atoms with Gasteiger partial charge in [0.05, 0.1) is 0 Å². The van der Waals surface area contributed by atoms with Crippen molar-refractivity contribution in [2.75, 3.05) is 0 Å². The molecule has 0 atom stereocenters. The minimum Gasteiger partial charge on any atom is -0.240 e. The van der Waals surface area contributed by atoms with Crippen LogP contribution in [0.2, 0.25) is 0 Å². The second-order valence-electron chi connectivity index (χ2n) is 2.14. The minimum absolute atomic E-state index is 0.151. The topological polar surface area (TPSA) is 66.1 Å². The van der Waals surface area contributed by atoms with Crippen molar-refractivity contribution in [3.8, 4) is 6.07 Å². The summed E-state index contributed by atoms with van der Waals surface area (Å²) >= 11 is 0. The minimum atomic E-state index is 0.151. The van der Waals surface area contributed by atoms with Crippen molar-refractivity contribution in [1.29, 1.82) is 5.26 Å². The molecule has 58 valence electrons. The van der Waals surface area contributed by atoms with Crippen LogP contribution in [0, 0.1) is 18.3 Å². The summed E-state index contributed by atoms with van der Waals surface area (Å²) in [7, 11) is 0. The lowest BCUT2D eigenvalue weighted by atomic mass is 10.3. The summed E-state index contributed by atoms with van der Waals surface area (Å²) in [6, 6.07) is 5.08. The summed E-state index contributed by atoms with van der Waals surface area (Å²) in [5.41, 5.74) is 1.13. The van der Waals surface area contributed by atoms with Crippen molar-refractivity contribution in [1.82, 2.24) is 4.98 Å². The summed E-state index contributed by atoms with van der Waals surface area (Å²) in [5, 5.41) is 8.57. The first-order valence-corrected chi connectivity index (χ1v) is 3.23. The molecule has 1 heterocycles. The molecule has 12 heavy (non-hydrogen) atoms. The molecule has 4 heteroatoms. The predicted octanol–water partition coefficient (Wildman–Crippen LogP) is 1.23. The van der Waals surface area contributed by atoms with Gasteiger partial charge in [0.25, 0.3) is 0 Å². The van der Waals surface area contributed by atoms with Gasteiger partial charge in [0.2, 0.25) is 6.08 Å². The molecule has 0 aliphatic carbocycles. The number of pyridine rings is 1. The summed E-state index contributed by atoms with van der Waals surface area (Å²) in [6.45, 7) is 1.76. The summed E-state index contributed by atoms with van der Waals surface area (Å²) in [6.07, 6.45) is 1.36. The quantitative estimate of drug-likeness (QED) is 0.457. The molecule has 1 aromatic rings. The maximum absolute atomic E-state index is 9.90. The van der Waals surface area contributed by atoms with E-state index in [1.807, 2.05) is 6.07 Å². The molecule has 0 fully saturated rings. The maximum atomic E-state index is 9.90. The predicted molar refractivity (Wildman–Crippen MR) is 41.5 cm³/mol. The van der Waals surface area contributed by atoms with Gasteiger partial charge in [0, 0.05) is 5.69 Å². The fourth-order valence-corrected chi connectivity index (χ4v) is 0.771. The van der Waals surface area contributed by atoms with Gasteiger partial charge in [0.15, 0.2) is 5.69 Å². The van der Waals surface area contributed by atoms with Crippen molar-refractivity contribution in [2.45, 2.75) is 6.92 Å². The van der Waals surface area contributed by atoms with E-state index in [4.69, 9.17) is 5.26 Å². The van der Waals surface area contributed by atoms with Crippen molar-refractivity contribution in [3.05, 3.63) is 23.5 Å². The Bertz CT molecular complexity index is 386. The van der Waals surface area contributed by atoms with Gasteiger partial charge in [0.1, 0.15) is 11.8 Å². The normalized spacial score (nSPS) is 8.33. The van der Waals surface area contributed by atoms with E-state index in [1.165, 1.54) is 6.08 Å². The number of isocyanates is 1. The number of aliphatic imine (C=N–C) groups is 1. The number of nitriles is 1. The van der Waals surface area contributed by atoms with Gasteiger partial charge in [-0.15, -0.1) is 0 Å². The van der Waals surface area contributed by atoms with Crippen LogP contribution in [0.25, 0.3) is 0 Å². The lowest BCUT2D eigenvalue weighted by molar-refractivity contribution is 0.565. The molecule has 0 aliphatic heterocycles. The number of aryl methyl sites for hydroxylation is 1. The monoisotopic (exact) mass is 159 g/mol. The van der Waals surface area contributed by atoms with E-state index < -0.39 is 0 Å². The Morgan fingerprint density at radius 3 is 2.92 bits per heavy atom. The third-order valence-electron chi connectivity index (χ3n) is 1.29. The van der Waals surface area contributed by atoms with Crippen molar-refractivity contribution >= 4 is 11.8 Å². The first-order valence-electron chi connectivity index (χ1n) is 3.23. The Morgan fingerprint density at radius 2 is 2.33 bits per heavy atom. The van der Waals surface area contributed by atoms with Crippen LogP contribution in [0.15, 0.2) is 17.1 Å². The van der Waals surface area contributed by atoms with Crippen LogP contribution < -0.4 is 0 Å². The van der Waals surface area contributed by atoms with E-state index in [1.54, 1.807) is 19.1 Å². The molecule has 0 N–H and O–H groups in total. The highest BCUT2D eigenvalue weighted by molar-refractivity contribution is 5.55. The lowest BCUT2D eigenvalue weighted by Crippen LogP contribution is -1.86. The molecular formula is C8H5N3O. The largest absolute Gasteiger partial charge is 0.240 e. The van der Waals surface area contributed by atoms with Gasteiger partial charge < -0.3 is 0 Å². The van der Waals surface area contributed by atoms with E-state index in [0.29, 0.717) is 0 Å². The third kappa shape index (κ3) is 1.54. The maximum Gasteiger partial charge on any atom is 0.240 e. The van der Waals surface area contributed by atoms with Gasteiger partial charge in [-0.2, -0.15) is 10.3 Å². The molecule has 0 bridgehead atoms. The first-order chi connectivity index (χ1) is 5.77. The van der Waals surface area contributed by atoms with Crippen LogP contribution in [-0.4, -0.2) is 11.1 Å². The van der Waals surface area contributed by atoms with Crippen LogP contribution >= 0.6 is 0 Å². The first kappa shape index (κ1) is 8.12. The van der Waals surface area contributed by atoms with E-state index in [2.05, 4.69) is 9.98 Å². The SMILES string of the molecule is Cc1ccc(N=C=O)c(C#N)n1. The number of nitrogens with zero attached hydrogens (tertiary/aromatic N) is 3. The molecule has 0 amide bonds. The fourth-order valence-electron chi connectivity index (χ4n) is 0.771. The Hall–Kier alpha value is -1.98. The number of aromatic nitrogens is 1. The average Bonchev–Trinajstić information content (AvgIpc) is 2.08. The van der Waals surface area contributed by atoms with Crippen LogP contribution in [0.5, 0.6) is 0 Å². The van der Waals surface area contributed by atoms with Crippen LogP contribution in [0.3, 0.4) is 0 Å². The van der Waals surface area contributed by atoms with Crippen LogP contribution in [0.1, 0.15) is 11.4 Å². The zero-order chi connectivity index (χ0) is 8.97. The van der Waals surface area contributed by atoms with Crippen molar-refractivity contribution in [2.24, 2.45) is 4.99 Å². The highest BCUT2D eigenvalue weighted by atomic mass is 16.1. The van der Waals surface area contributed by atoms with E-state index in [-0.39, 0.29) is 11.4 Å². The summed E-state index contributed by atoms with van der Waals surface area (Å²) < 4.78 is 0. The molecule has 0 radical (unpaired) electrons. The highest BCUT2D eigenvalue weighted by Gasteiger charge is 2.00. The average molecular weight is 159 g/mol. The zero-order valence-electron chi connectivity index (χ0n) is 6.40. The lowest BCUT2D eigenvalue weighted by Gasteiger charge is -1.94. The molecular weight excluding hydrogens is 154 g/mol. The van der Waals surface area contributed by atoms with E-state index in [0.717, 1.165) is 5.69 Å². The summed E-state index contributed by atoms with van der Waals surface area (Å²) in [4.78, 5) is 17.1. The van der Waals surface area contributed by atoms with Crippen LogP contribution in [-0.2, 0) is 4.79 Å². The molecule has 4 nitrogen and oxygen atoms in total. The Labute approximate surface area is 69.2 Å². The van der Waals surface area contributed by atoms with E-state index in [9.17, 15) is 4.79 Å². The molecule has 0 saturated heterocycles. The van der Waals surface area contributed by atoms with Gasteiger partial charge in [-0.1, -0.05) is 0 Å². The molecule has 0 saturated carbocycles. The van der Waals surface area contributed by atoms with Crippen LogP contribution in [0.4, 0.5) is 5.69 Å². The Kier molecular flexibility index (Phi) is 2.32. The highest BCUT2D eigenvalue weighted by Crippen LogP contribution is 2.15. The van der Waals surface area contributed by atoms with Gasteiger partial charge >= 0.3 is 0 Å². The van der Waals surface area contributed by atoms with Crippen molar-refractivity contribution < 1.29 is 4.79 Å². The van der Waals surface area contributed by atoms with Gasteiger partial charge in [-0.05, 0) is 19.1 Å². The standard InChI is InChI=1S/C8H5N3O/c1-6-2-3-7(10-5-12)8(4-9)11-6/h2-3H,1H3. The summed E-state index contributed by atoms with van der Waals surface area (Å²) in [5.74, 6) is 0. The molecule has 1 rings (SSSR count). The zero-order valence-corrected chi connectivity index (χ0v) is 6.40. The van der Waals surface area contributed by atoms with Gasteiger partial charge in [-0.3, -0.25) is 0 Å². The molecule has 1 aromatic heterocycles. The third-order valence-corrected chi connectivity index (χ3v) is 1.29. The second-order valence-corrected chi connectivity index (χ2v) is 2.14. The molecule has 0 aromatic carbocycles. The fraction of sp³-hybridized carbons (Fsp3) is 0.125. The smallest absolute Gasteiger partial charge is 0.240 e. The number of carbonyl (C=O) groups excluding carboxylic acids is 1.